The number of methoxy groups -OCH3 is 1. The lowest BCUT2D eigenvalue weighted by atomic mass is 10.0. The minimum Gasteiger partial charge on any atom is -0.495 e. The number of fused-ring (bicyclic) bond motifs is 2. The molecule has 5 aromatic rings. The van der Waals surface area contributed by atoms with Crippen molar-refractivity contribution in [1.29, 1.82) is 5.26 Å². The first-order valence-electron chi connectivity index (χ1n) is 11.1. The Kier molecular flexibility index (Phi) is 4.84. The van der Waals surface area contributed by atoms with Gasteiger partial charge in [-0.15, -0.1) is 0 Å². The van der Waals surface area contributed by atoms with Gasteiger partial charge in [0, 0.05) is 24.4 Å². The number of imidazole rings is 1. The predicted octanol–water partition coefficient (Wildman–Crippen LogP) is 4.77. The molecule has 1 atom stereocenters. The van der Waals surface area contributed by atoms with Crippen molar-refractivity contribution in [2.24, 2.45) is 0 Å². The van der Waals surface area contributed by atoms with E-state index in [-0.39, 0.29) is 6.04 Å². The van der Waals surface area contributed by atoms with Crippen LogP contribution in [0.25, 0.3) is 28.1 Å². The van der Waals surface area contributed by atoms with Crippen molar-refractivity contribution in [3.8, 4) is 23.2 Å². The van der Waals surface area contributed by atoms with Crippen LogP contribution in [-0.2, 0) is 0 Å². The molecule has 0 bridgehead atoms. The number of benzene rings is 2. The molecular formula is C25H19F2N7O. The average Bonchev–Trinajstić information content (AvgIpc) is 3.61. The van der Waals surface area contributed by atoms with Crippen molar-refractivity contribution >= 4 is 22.5 Å². The highest BCUT2D eigenvalue weighted by Crippen LogP contribution is 2.37. The minimum absolute atomic E-state index is 0.310. The first-order valence-corrected chi connectivity index (χ1v) is 11.1. The van der Waals surface area contributed by atoms with E-state index < -0.39 is 11.6 Å². The van der Waals surface area contributed by atoms with Gasteiger partial charge in [-0.2, -0.15) is 10.4 Å². The number of aromatic nitrogens is 5. The Hall–Kier alpha value is -4.52. The lowest BCUT2D eigenvalue weighted by molar-refractivity contribution is 0.414. The molecule has 3 aromatic heterocycles. The molecule has 0 aliphatic carbocycles. The summed E-state index contributed by atoms with van der Waals surface area (Å²) in [7, 11) is 1.51. The van der Waals surface area contributed by atoms with Crippen LogP contribution in [0.5, 0.6) is 5.75 Å². The van der Waals surface area contributed by atoms with Gasteiger partial charge in [-0.1, -0.05) is 0 Å². The van der Waals surface area contributed by atoms with Gasteiger partial charge in [-0.3, -0.25) is 0 Å². The fourth-order valence-electron chi connectivity index (χ4n) is 4.74. The van der Waals surface area contributed by atoms with Crippen LogP contribution in [0.2, 0.25) is 0 Å². The normalized spacial score (nSPS) is 15.7. The van der Waals surface area contributed by atoms with Crippen LogP contribution in [0.3, 0.4) is 0 Å². The van der Waals surface area contributed by atoms with Crippen molar-refractivity contribution in [2.75, 3.05) is 18.6 Å². The highest BCUT2D eigenvalue weighted by atomic mass is 19.1. The summed E-state index contributed by atoms with van der Waals surface area (Å²) in [4.78, 5) is 14.7. The minimum atomic E-state index is -0.462. The maximum absolute atomic E-state index is 14.5. The molecule has 1 aliphatic heterocycles. The van der Waals surface area contributed by atoms with Gasteiger partial charge in [-0.05, 0) is 43.2 Å². The Morgan fingerprint density at radius 2 is 2.06 bits per heavy atom. The van der Waals surface area contributed by atoms with E-state index in [1.165, 1.54) is 19.2 Å². The summed E-state index contributed by atoms with van der Waals surface area (Å²) in [5.74, 6) is 0.765. The van der Waals surface area contributed by atoms with E-state index in [4.69, 9.17) is 9.72 Å². The topological polar surface area (TPSA) is 95.1 Å². The Morgan fingerprint density at radius 1 is 1.17 bits per heavy atom. The van der Waals surface area contributed by atoms with Crippen molar-refractivity contribution in [1.82, 2.24) is 24.6 Å². The Labute approximate surface area is 198 Å². The van der Waals surface area contributed by atoms with Crippen LogP contribution in [0.4, 0.5) is 14.6 Å². The monoisotopic (exact) mass is 471 g/mol. The summed E-state index contributed by atoms with van der Waals surface area (Å²) >= 11 is 0. The zero-order valence-electron chi connectivity index (χ0n) is 18.7. The van der Waals surface area contributed by atoms with Gasteiger partial charge < -0.3 is 14.6 Å². The molecule has 0 unspecified atom stereocenters. The van der Waals surface area contributed by atoms with Gasteiger partial charge in [0.15, 0.2) is 5.65 Å². The third-order valence-electron chi connectivity index (χ3n) is 6.40. The molecule has 1 saturated heterocycles. The number of anilines is 1. The zero-order chi connectivity index (χ0) is 24.1. The number of H-pyrrole nitrogens is 1. The Balaban J connectivity index is 1.42. The lowest BCUT2D eigenvalue weighted by Gasteiger charge is -2.26. The number of nitriles is 1. The number of nitrogens with one attached hydrogen (secondary N) is 1. The van der Waals surface area contributed by atoms with Gasteiger partial charge in [0.2, 0.25) is 0 Å². The molecule has 0 saturated carbocycles. The Morgan fingerprint density at radius 3 is 2.89 bits per heavy atom. The Bertz CT molecular complexity index is 1630. The van der Waals surface area contributed by atoms with Crippen molar-refractivity contribution < 1.29 is 13.5 Å². The van der Waals surface area contributed by atoms with E-state index in [0.29, 0.717) is 63.7 Å². The van der Waals surface area contributed by atoms with E-state index in [1.807, 2.05) is 11.0 Å². The van der Waals surface area contributed by atoms with Crippen LogP contribution in [0.15, 0.2) is 48.8 Å². The first-order chi connectivity index (χ1) is 17.1. The number of ether oxygens (including phenoxy) is 1. The van der Waals surface area contributed by atoms with Gasteiger partial charge in [0.1, 0.15) is 35.1 Å². The maximum Gasteiger partial charge on any atom is 0.168 e. The zero-order valence-corrected chi connectivity index (χ0v) is 18.7. The number of rotatable bonds is 4. The lowest BCUT2D eigenvalue weighted by Crippen LogP contribution is -2.24. The molecule has 0 amide bonds. The highest BCUT2D eigenvalue weighted by Gasteiger charge is 2.30. The summed E-state index contributed by atoms with van der Waals surface area (Å²) in [6.45, 7) is 0.675. The van der Waals surface area contributed by atoms with Crippen LogP contribution in [0.1, 0.15) is 30.0 Å². The third-order valence-corrected chi connectivity index (χ3v) is 6.40. The van der Waals surface area contributed by atoms with Gasteiger partial charge in [0.05, 0.1) is 41.5 Å². The number of nitrogens with zero attached hydrogens (tertiary/aromatic N) is 6. The molecule has 6 rings (SSSR count). The fourth-order valence-corrected chi connectivity index (χ4v) is 4.74. The average molecular weight is 471 g/mol. The maximum atomic E-state index is 14.5. The molecule has 4 heterocycles. The molecule has 0 radical (unpaired) electrons. The van der Waals surface area contributed by atoms with Gasteiger partial charge >= 0.3 is 0 Å². The van der Waals surface area contributed by atoms with Crippen molar-refractivity contribution in [3.63, 3.8) is 0 Å². The number of hydrogen-bond donors (Lipinski definition) is 1. The second-order valence-electron chi connectivity index (χ2n) is 8.40. The molecular weight excluding hydrogens is 452 g/mol. The predicted molar refractivity (Wildman–Crippen MR) is 125 cm³/mol. The fraction of sp³-hybridized carbons (Fsp3) is 0.200. The number of halogens is 2. The molecule has 10 heteroatoms. The summed E-state index contributed by atoms with van der Waals surface area (Å²) in [5, 5.41) is 13.8. The molecule has 0 spiro atoms. The van der Waals surface area contributed by atoms with E-state index in [2.05, 4.69) is 21.1 Å². The molecule has 8 nitrogen and oxygen atoms in total. The molecule has 35 heavy (non-hydrogen) atoms. The van der Waals surface area contributed by atoms with Crippen molar-refractivity contribution in [2.45, 2.75) is 18.9 Å². The summed E-state index contributed by atoms with van der Waals surface area (Å²) in [6, 6.07) is 10.6. The number of aromatic amines is 1. The smallest absolute Gasteiger partial charge is 0.168 e. The van der Waals surface area contributed by atoms with Gasteiger partial charge in [0.25, 0.3) is 0 Å². The van der Waals surface area contributed by atoms with E-state index in [1.54, 1.807) is 29.0 Å². The standard InChI is InChI=1S/C25H19F2N7O/c1-35-22-11-20-19(9-14(22)12-28)30-24(31-20)17-13-29-34-8-6-23(32-25(17)34)33-7-2-3-21(33)16-10-15(26)4-5-18(16)27/h4-6,8-11,13,21H,2-3,7H2,1H3,(H,30,31)/t21-/m1/s1. The second kappa shape index (κ2) is 8.06. The second-order valence-corrected chi connectivity index (χ2v) is 8.40. The largest absolute Gasteiger partial charge is 0.495 e. The number of hydrogen-bond acceptors (Lipinski definition) is 6. The van der Waals surface area contributed by atoms with Crippen molar-refractivity contribution in [3.05, 3.63) is 71.6 Å². The molecule has 1 aliphatic rings. The van der Waals surface area contributed by atoms with Crippen LogP contribution < -0.4 is 9.64 Å². The SMILES string of the molecule is COc1cc2[nH]c(-c3cnn4ccc(N5CCC[C@@H]5c5cc(F)ccc5F)nc34)nc2cc1C#N. The van der Waals surface area contributed by atoms with Crippen LogP contribution >= 0.6 is 0 Å². The molecule has 2 aromatic carbocycles. The van der Waals surface area contributed by atoms with Crippen LogP contribution in [0, 0.1) is 23.0 Å². The highest BCUT2D eigenvalue weighted by molar-refractivity contribution is 5.85. The van der Waals surface area contributed by atoms with E-state index in [0.717, 1.165) is 12.5 Å². The van der Waals surface area contributed by atoms with Gasteiger partial charge in [-0.25, -0.2) is 23.3 Å². The molecule has 1 fully saturated rings. The molecule has 174 valence electrons. The molecule has 1 N–H and O–H groups in total. The quantitative estimate of drug-likeness (QED) is 0.406. The van der Waals surface area contributed by atoms with E-state index >= 15 is 0 Å². The summed E-state index contributed by atoms with van der Waals surface area (Å²) in [5.41, 5.74) is 3.30. The summed E-state index contributed by atoms with van der Waals surface area (Å²) < 4.78 is 35.3. The van der Waals surface area contributed by atoms with E-state index in [9.17, 15) is 14.0 Å². The summed E-state index contributed by atoms with van der Waals surface area (Å²) in [6.07, 6.45) is 5.00. The third kappa shape index (κ3) is 3.44. The van der Waals surface area contributed by atoms with Crippen LogP contribution in [-0.4, -0.2) is 38.2 Å². The first kappa shape index (κ1) is 21.0.